The summed E-state index contributed by atoms with van der Waals surface area (Å²) in [6.45, 7) is 5.45. The molecule has 4 nitrogen and oxygen atoms in total. The average molecular weight is 291 g/mol. The van der Waals surface area contributed by atoms with Crippen LogP contribution in [0.4, 0.5) is 4.79 Å². The lowest BCUT2D eigenvalue weighted by Crippen LogP contribution is -2.60. The number of hydrogen-bond acceptors (Lipinski definition) is 3. The van der Waals surface area contributed by atoms with E-state index in [9.17, 15) is 9.90 Å². The van der Waals surface area contributed by atoms with E-state index in [1.807, 2.05) is 39.0 Å². The van der Waals surface area contributed by atoms with Crippen LogP contribution in [0.3, 0.4) is 0 Å². The summed E-state index contributed by atoms with van der Waals surface area (Å²) in [7, 11) is 0. The number of alkyl carbamates (subject to hydrolysis) is 1. The van der Waals surface area contributed by atoms with Gasteiger partial charge in [-0.3, -0.25) is 0 Å². The Labute approximate surface area is 126 Å². The molecule has 1 fully saturated rings. The molecule has 116 valence electrons. The number of aliphatic hydroxyl groups is 1. The summed E-state index contributed by atoms with van der Waals surface area (Å²) in [6.07, 6.45) is 2.11. The lowest BCUT2D eigenvalue weighted by molar-refractivity contribution is 0.00884. The SMILES string of the molecule is CC(C)(C)OC(=O)NC1(CO)CC(Cc2ccccc2)C1. The van der Waals surface area contributed by atoms with Crippen molar-refractivity contribution in [2.24, 2.45) is 5.92 Å². The van der Waals surface area contributed by atoms with Crippen molar-refractivity contribution in [3.63, 3.8) is 0 Å². The van der Waals surface area contributed by atoms with Crippen LogP contribution in [0.5, 0.6) is 0 Å². The molecule has 0 heterocycles. The first-order valence-electron chi connectivity index (χ1n) is 7.48. The van der Waals surface area contributed by atoms with Gasteiger partial charge >= 0.3 is 6.09 Å². The van der Waals surface area contributed by atoms with E-state index in [0.717, 1.165) is 19.3 Å². The molecule has 1 aliphatic carbocycles. The molecule has 1 aliphatic rings. The molecule has 0 bridgehead atoms. The van der Waals surface area contributed by atoms with Crippen molar-refractivity contribution in [1.29, 1.82) is 0 Å². The highest BCUT2D eigenvalue weighted by Crippen LogP contribution is 2.39. The van der Waals surface area contributed by atoms with Crippen molar-refractivity contribution in [1.82, 2.24) is 5.32 Å². The molecule has 1 aromatic rings. The zero-order valence-electron chi connectivity index (χ0n) is 13.1. The minimum Gasteiger partial charge on any atom is -0.444 e. The van der Waals surface area contributed by atoms with Gasteiger partial charge < -0.3 is 15.2 Å². The van der Waals surface area contributed by atoms with Gasteiger partial charge in [-0.15, -0.1) is 0 Å². The monoisotopic (exact) mass is 291 g/mol. The molecule has 0 unspecified atom stereocenters. The molecular formula is C17H25NO3. The molecule has 1 aromatic carbocycles. The van der Waals surface area contributed by atoms with Crippen LogP contribution in [0.25, 0.3) is 0 Å². The minimum absolute atomic E-state index is 0.0441. The molecule has 0 atom stereocenters. The van der Waals surface area contributed by atoms with Crippen molar-refractivity contribution in [3.05, 3.63) is 35.9 Å². The van der Waals surface area contributed by atoms with Gasteiger partial charge in [0.25, 0.3) is 0 Å². The molecule has 21 heavy (non-hydrogen) atoms. The highest BCUT2D eigenvalue weighted by molar-refractivity contribution is 5.69. The molecule has 0 radical (unpaired) electrons. The second-order valence-electron chi connectivity index (χ2n) is 7.03. The number of carbonyl (C=O) groups is 1. The van der Waals surface area contributed by atoms with Gasteiger partial charge in [0.15, 0.2) is 0 Å². The lowest BCUT2D eigenvalue weighted by atomic mass is 9.66. The summed E-state index contributed by atoms with van der Waals surface area (Å²) in [5.74, 6) is 0.495. The molecular weight excluding hydrogens is 266 g/mol. The third-order valence-corrected chi connectivity index (χ3v) is 3.79. The summed E-state index contributed by atoms with van der Waals surface area (Å²) in [4.78, 5) is 11.8. The number of aliphatic hydroxyl groups excluding tert-OH is 1. The molecule has 1 saturated carbocycles. The van der Waals surface area contributed by atoms with Crippen LogP contribution in [0.2, 0.25) is 0 Å². The Morgan fingerprint density at radius 2 is 1.95 bits per heavy atom. The van der Waals surface area contributed by atoms with Gasteiger partial charge in [-0.25, -0.2) is 4.79 Å². The molecule has 4 heteroatoms. The zero-order valence-corrected chi connectivity index (χ0v) is 13.1. The quantitative estimate of drug-likeness (QED) is 0.896. The van der Waals surface area contributed by atoms with E-state index >= 15 is 0 Å². The first-order valence-corrected chi connectivity index (χ1v) is 7.48. The molecule has 0 saturated heterocycles. The van der Waals surface area contributed by atoms with Crippen LogP contribution in [0.1, 0.15) is 39.2 Å². The predicted molar refractivity (Wildman–Crippen MR) is 82.1 cm³/mol. The van der Waals surface area contributed by atoms with E-state index in [0.29, 0.717) is 5.92 Å². The van der Waals surface area contributed by atoms with E-state index in [1.165, 1.54) is 5.56 Å². The molecule has 2 N–H and O–H groups in total. The Kier molecular flexibility index (Phi) is 4.57. The van der Waals surface area contributed by atoms with Gasteiger partial charge in [0.05, 0.1) is 12.1 Å². The Balaban J connectivity index is 1.84. The number of ether oxygens (including phenoxy) is 1. The van der Waals surface area contributed by atoms with Gasteiger partial charge in [-0.2, -0.15) is 0 Å². The Bertz CT molecular complexity index is 473. The predicted octanol–water partition coefficient (Wildman–Crippen LogP) is 2.89. The van der Waals surface area contributed by atoms with E-state index < -0.39 is 17.2 Å². The summed E-state index contributed by atoms with van der Waals surface area (Å²) >= 11 is 0. The van der Waals surface area contributed by atoms with Gasteiger partial charge in [0.2, 0.25) is 0 Å². The van der Waals surface area contributed by atoms with Crippen molar-refractivity contribution in [2.45, 2.75) is 51.2 Å². The first kappa shape index (κ1) is 15.8. The number of hydrogen-bond donors (Lipinski definition) is 2. The van der Waals surface area contributed by atoms with Gasteiger partial charge in [-0.1, -0.05) is 30.3 Å². The highest BCUT2D eigenvalue weighted by atomic mass is 16.6. The van der Waals surface area contributed by atoms with Crippen LogP contribution >= 0.6 is 0 Å². The number of rotatable bonds is 4. The highest BCUT2D eigenvalue weighted by Gasteiger charge is 2.45. The van der Waals surface area contributed by atoms with E-state index in [-0.39, 0.29) is 6.61 Å². The van der Waals surface area contributed by atoms with Gasteiger partial charge in [0, 0.05) is 0 Å². The summed E-state index contributed by atoms with van der Waals surface area (Å²) < 4.78 is 5.26. The van der Waals surface area contributed by atoms with Gasteiger partial charge in [-0.05, 0) is 51.5 Å². The molecule has 0 aromatic heterocycles. The average Bonchev–Trinajstić information content (AvgIpc) is 2.34. The minimum atomic E-state index is -0.520. The van der Waals surface area contributed by atoms with Gasteiger partial charge in [0.1, 0.15) is 5.60 Å². The molecule has 0 spiro atoms. The number of benzene rings is 1. The maximum absolute atomic E-state index is 11.8. The number of carbonyl (C=O) groups excluding carboxylic acids is 1. The number of nitrogens with one attached hydrogen (secondary N) is 1. The summed E-state index contributed by atoms with van der Waals surface area (Å²) in [5, 5.41) is 12.4. The van der Waals surface area contributed by atoms with Crippen LogP contribution in [-0.4, -0.2) is 28.9 Å². The van der Waals surface area contributed by atoms with Crippen LogP contribution in [0, 0.1) is 5.92 Å². The van der Waals surface area contributed by atoms with Crippen LogP contribution in [-0.2, 0) is 11.2 Å². The van der Waals surface area contributed by atoms with E-state index in [2.05, 4.69) is 17.4 Å². The molecule has 0 aliphatic heterocycles. The van der Waals surface area contributed by atoms with E-state index in [1.54, 1.807) is 0 Å². The standard InChI is InChI=1S/C17H25NO3/c1-16(2,3)21-15(20)18-17(12-19)10-14(11-17)9-13-7-5-4-6-8-13/h4-8,14,19H,9-12H2,1-3H3,(H,18,20). The third kappa shape index (κ3) is 4.46. The second-order valence-corrected chi connectivity index (χ2v) is 7.03. The topological polar surface area (TPSA) is 58.6 Å². The van der Waals surface area contributed by atoms with Crippen molar-refractivity contribution >= 4 is 6.09 Å². The van der Waals surface area contributed by atoms with Crippen molar-refractivity contribution in [2.75, 3.05) is 6.61 Å². The smallest absolute Gasteiger partial charge is 0.408 e. The Morgan fingerprint density at radius 3 is 2.48 bits per heavy atom. The fraction of sp³-hybridized carbons (Fsp3) is 0.588. The molecule has 2 rings (SSSR count). The van der Waals surface area contributed by atoms with E-state index in [4.69, 9.17) is 4.74 Å². The van der Waals surface area contributed by atoms with Crippen LogP contribution in [0.15, 0.2) is 30.3 Å². The maximum atomic E-state index is 11.8. The summed E-state index contributed by atoms with van der Waals surface area (Å²) in [6, 6.07) is 10.3. The fourth-order valence-electron chi connectivity index (χ4n) is 2.93. The number of amides is 1. The zero-order chi connectivity index (χ0) is 15.5. The first-order chi connectivity index (χ1) is 9.82. The van der Waals surface area contributed by atoms with Crippen molar-refractivity contribution < 1.29 is 14.6 Å². The normalized spacial score (nSPS) is 25.0. The summed E-state index contributed by atoms with van der Waals surface area (Å²) in [5.41, 5.74) is 0.265. The van der Waals surface area contributed by atoms with Crippen molar-refractivity contribution in [3.8, 4) is 0 Å². The third-order valence-electron chi connectivity index (χ3n) is 3.79. The Morgan fingerprint density at radius 1 is 1.33 bits per heavy atom. The van der Waals surface area contributed by atoms with Crippen LogP contribution < -0.4 is 5.32 Å². The largest absolute Gasteiger partial charge is 0.444 e. The lowest BCUT2D eigenvalue weighted by Gasteiger charge is -2.47. The molecule has 1 amide bonds. The fourth-order valence-corrected chi connectivity index (χ4v) is 2.93. The maximum Gasteiger partial charge on any atom is 0.408 e. The second kappa shape index (κ2) is 6.06. The Hall–Kier alpha value is -1.55.